The molecule has 1 atom stereocenters. The van der Waals surface area contributed by atoms with Gasteiger partial charge in [-0.15, -0.1) is 5.10 Å². The lowest BCUT2D eigenvalue weighted by molar-refractivity contribution is 0.0924. The van der Waals surface area contributed by atoms with Crippen LogP contribution in [0.2, 0.25) is 0 Å². The highest BCUT2D eigenvalue weighted by atomic mass is 16.5. The summed E-state index contributed by atoms with van der Waals surface area (Å²) in [5.41, 5.74) is 0. The van der Waals surface area contributed by atoms with E-state index in [9.17, 15) is 4.79 Å². The molecule has 0 fully saturated rings. The maximum atomic E-state index is 11.7. The lowest BCUT2D eigenvalue weighted by Gasteiger charge is -2.09. The van der Waals surface area contributed by atoms with E-state index in [4.69, 9.17) is 4.74 Å². The van der Waals surface area contributed by atoms with Crippen molar-refractivity contribution < 1.29 is 9.53 Å². The average molecular weight is 240 g/mol. The van der Waals surface area contributed by atoms with Gasteiger partial charge >= 0.3 is 0 Å². The first-order valence-corrected chi connectivity index (χ1v) is 5.85. The number of carbonyl (C=O) groups excluding carboxylic acids is 1. The van der Waals surface area contributed by atoms with Crippen LogP contribution in [-0.4, -0.2) is 41.3 Å². The number of carbonyl (C=O) groups is 1. The minimum Gasteiger partial charge on any atom is -0.384 e. The monoisotopic (exact) mass is 240 g/mol. The van der Waals surface area contributed by atoms with Crippen molar-refractivity contribution >= 4 is 5.91 Å². The zero-order chi connectivity index (χ0) is 12.7. The molecule has 1 heterocycles. The van der Waals surface area contributed by atoms with Gasteiger partial charge < -0.3 is 10.1 Å². The number of nitrogens with zero attached hydrogens (tertiary/aromatic N) is 2. The van der Waals surface area contributed by atoms with E-state index >= 15 is 0 Å². The van der Waals surface area contributed by atoms with Crippen molar-refractivity contribution in [2.45, 2.75) is 26.7 Å². The Balaban J connectivity index is 2.40. The number of aryl methyl sites for hydroxylation is 1. The molecule has 0 aliphatic rings. The van der Waals surface area contributed by atoms with Crippen LogP contribution in [0.4, 0.5) is 0 Å². The first-order chi connectivity index (χ1) is 8.17. The SMILES string of the molecule is CCCc1nc(C(=O)NCC(C)COC)n[nH]1. The average Bonchev–Trinajstić information content (AvgIpc) is 2.75. The van der Waals surface area contributed by atoms with Gasteiger partial charge in [-0.2, -0.15) is 0 Å². The second-order valence-electron chi connectivity index (χ2n) is 4.13. The first kappa shape index (κ1) is 13.6. The summed E-state index contributed by atoms with van der Waals surface area (Å²) in [6, 6.07) is 0. The normalized spacial score (nSPS) is 12.4. The van der Waals surface area contributed by atoms with Crippen molar-refractivity contribution in [3.8, 4) is 0 Å². The molecule has 96 valence electrons. The Kier molecular flexibility index (Phi) is 5.62. The zero-order valence-corrected chi connectivity index (χ0v) is 10.6. The van der Waals surface area contributed by atoms with Gasteiger partial charge in [0.15, 0.2) is 0 Å². The lowest BCUT2D eigenvalue weighted by atomic mass is 10.2. The summed E-state index contributed by atoms with van der Waals surface area (Å²) in [7, 11) is 1.64. The second-order valence-corrected chi connectivity index (χ2v) is 4.13. The van der Waals surface area contributed by atoms with Gasteiger partial charge in [-0.3, -0.25) is 9.89 Å². The standard InChI is InChI=1S/C11H20N4O2/c1-4-5-9-13-10(15-14-9)11(16)12-6-8(2)7-17-3/h8H,4-7H2,1-3H3,(H,12,16)(H,13,14,15). The molecule has 0 aliphatic carbocycles. The summed E-state index contributed by atoms with van der Waals surface area (Å²) in [5.74, 6) is 0.991. The highest BCUT2D eigenvalue weighted by Crippen LogP contribution is 1.97. The largest absolute Gasteiger partial charge is 0.384 e. The molecule has 0 spiro atoms. The quantitative estimate of drug-likeness (QED) is 0.737. The second kappa shape index (κ2) is 7.01. The predicted molar refractivity (Wildman–Crippen MR) is 63.8 cm³/mol. The van der Waals surface area contributed by atoms with Gasteiger partial charge in [-0.25, -0.2) is 4.98 Å². The van der Waals surface area contributed by atoms with Crippen LogP contribution in [-0.2, 0) is 11.2 Å². The Morgan fingerprint density at radius 2 is 2.35 bits per heavy atom. The fraction of sp³-hybridized carbons (Fsp3) is 0.727. The molecule has 0 aliphatic heterocycles. The fourth-order valence-corrected chi connectivity index (χ4v) is 1.43. The van der Waals surface area contributed by atoms with Gasteiger partial charge in [0.25, 0.3) is 5.91 Å². The summed E-state index contributed by atoms with van der Waals surface area (Å²) in [5, 5.41) is 9.41. The predicted octanol–water partition coefficient (Wildman–Crippen LogP) is 0.769. The molecule has 2 N–H and O–H groups in total. The van der Waals surface area contributed by atoms with Crippen molar-refractivity contribution in [3.63, 3.8) is 0 Å². The Morgan fingerprint density at radius 1 is 1.59 bits per heavy atom. The van der Waals surface area contributed by atoms with E-state index in [1.807, 2.05) is 6.92 Å². The molecule has 6 heteroatoms. The van der Waals surface area contributed by atoms with E-state index in [0.717, 1.165) is 18.7 Å². The number of hydrogen-bond donors (Lipinski definition) is 2. The number of amides is 1. The van der Waals surface area contributed by atoms with Gasteiger partial charge in [-0.1, -0.05) is 13.8 Å². The fourth-order valence-electron chi connectivity index (χ4n) is 1.43. The number of aromatic nitrogens is 3. The molecule has 0 bridgehead atoms. The van der Waals surface area contributed by atoms with Crippen LogP contribution in [0.15, 0.2) is 0 Å². The summed E-state index contributed by atoms with van der Waals surface area (Å²) < 4.78 is 4.99. The Hall–Kier alpha value is -1.43. The lowest BCUT2D eigenvalue weighted by Crippen LogP contribution is -2.30. The van der Waals surface area contributed by atoms with E-state index in [2.05, 4.69) is 27.4 Å². The first-order valence-electron chi connectivity index (χ1n) is 5.85. The molecule has 0 aromatic carbocycles. The molecule has 17 heavy (non-hydrogen) atoms. The molecular formula is C11H20N4O2. The number of nitrogens with one attached hydrogen (secondary N) is 2. The van der Waals surface area contributed by atoms with Crippen molar-refractivity contribution in [1.82, 2.24) is 20.5 Å². The van der Waals surface area contributed by atoms with E-state index in [0.29, 0.717) is 13.2 Å². The summed E-state index contributed by atoms with van der Waals surface area (Å²) in [4.78, 5) is 15.8. The van der Waals surface area contributed by atoms with Gasteiger partial charge in [-0.05, 0) is 12.3 Å². The Labute approximate surface area is 101 Å². The van der Waals surface area contributed by atoms with Crippen LogP contribution >= 0.6 is 0 Å². The number of H-pyrrole nitrogens is 1. The van der Waals surface area contributed by atoms with Crippen molar-refractivity contribution in [1.29, 1.82) is 0 Å². The van der Waals surface area contributed by atoms with Crippen LogP contribution < -0.4 is 5.32 Å². The summed E-state index contributed by atoms with van der Waals surface area (Å²) in [6.07, 6.45) is 1.78. The molecule has 0 saturated heterocycles. The number of methoxy groups -OCH3 is 1. The number of ether oxygens (including phenoxy) is 1. The number of aromatic amines is 1. The van der Waals surface area contributed by atoms with Crippen LogP contribution in [0, 0.1) is 5.92 Å². The molecule has 0 radical (unpaired) electrons. The van der Waals surface area contributed by atoms with Gasteiger partial charge in [0.05, 0.1) is 6.61 Å². The minimum absolute atomic E-state index is 0.207. The van der Waals surface area contributed by atoms with Crippen LogP contribution in [0.25, 0.3) is 0 Å². The highest BCUT2D eigenvalue weighted by Gasteiger charge is 2.12. The van der Waals surface area contributed by atoms with Crippen LogP contribution in [0.3, 0.4) is 0 Å². The van der Waals surface area contributed by atoms with Gasteiger partial charge in [0, 0.05) is 20.1 Å². The maximum absolute atomic E-state index is 11.7. The van der Waals surface area contributed by atoms with E-state index in [-0.39, 0.29) is 17.6 Å². The highest BCUT2D eigenvalue weighted by molar-refractivity contribution is 5.90. The molecule has 1 aromatic heterocycles. The zero-order valence-electron chi connectivity index (χ0n) is 10.6. The van der Waals surface area contributed by atoms with Crippen molar-refractivity contribution in [3.05, 3.63) is 11.6 Å². The van der Waals surface area contributed by atoms with E-state index in [1.54, 1.807) is 7.11 Å². The molecule has 1 amide bonds. The number of hydrogen-bond acceptors (Lipinski definition) is 4. The van der Waals surface area contributed by atoms with Crippen molar-refractivity contribution in [2.75, 3.05) is 20.3 Å². The van der Waals surface area contributed by atoms with Crippen LogP contribution in [0.5, 0.6) is 0 Å². The topological polar surface area (TPSA) is 79.9 Å². The molecular weight excluding hydrogens is 220 g/mol. The minimum atomic E-state index is -0.244. The Morgan fingerprint density at radius 3 is 3.00 bits per heavy atom. The van der Waals surface area contributed by atoms with Gasteiger partial charge in [0.2, 0.25) is 5.82 Å². The molecule has 1 aromatic rings. The molecule has 1 unspecified atom stereocenters. The van der Waals surface area contributed by atoms with Crippen LogP contribution in [0.1, 0.15) is 36.7 Å². The maximum Gasteiger partial charge on any atom is 0.290 e. The molecule has 0 saturated carbocycles. The molecule has 6 nitrogen and oxygen atoms in total. The number of rotatable bonds is 7. The smallest absolute Gasteiger partial charge is 0.290 e. The summed E-state index contributed by atoms with van der Waals surface area (Å²) >= 11 is 0. The third kappa shape index (κ3) is 4.52. The summed E-state index contributed by atoms with van der Waals surface area (Å²) in [6.45, 7) is 5.23. The third-order valence-electron chi connectivity index (χ3n) is 2.28. The Bertz CT molecular complexity index is 351. The molecule has 1 rings (SSSR count). The van der Waals surface area contributed by atoms with Crippen molar-refractivity contribution in [2.24, 2.45) is 5.92 Å². The van der Waals surface area contributed by atoms with E-state index < -0.39 is 0 Å². The van der Waals surface area contributed by atoms with Gasteiger partial charge in [0.1, 0.15) is 5.82 Å². The third-order valence-corrected chi connectivity index (χ3v) is 2.28. The van der Waals surface area contributed by atoms with E-state index in [1.165, 1.54) is 0 Å².